The first-order valence-electron chi connectivity index (χ1n) is 6.82. The van der Waals surface area contributed by atoms with E-state index in [0.29, 0.717) is 11.7 Å². The minimum absolute atomic E-state index is 0.0756. The molecule has 0 saturated carbocycles. The average molecular weight is 291 g/mol. The number of hydrogen-bond donors (Lipinski definition) is 0. The van der Waals surface area contributed by atoms with E-state index in [1.54, 1.807) is 11.3 Å². The molecule has 3 rings (SSSR count). The van der Waals surface area contributed by atoms with Gasteiger partial charge in [0.05, 0.1) is 4.88 Å². The van der Waals surface area contributed by atoms with Crippen molar-refractivity contribution in [1.82, 2.24) is 25.1 Å². The third-order valence-corrected chi connectivity index (χ3v) is 4.35. The van der Waals surface area contributed by atoms with E-state index in [2.05, 4.69) is 22.3 Å². The van der Waals surface area contributed by atoms with Gasteiger partial charge in [0, 0.05) is 13.1 Å². The van der Waals surface area contributed by atoms with E-state index in [1.165, 1.54) is 11.2 Å². The molecule has 1 atom stereocenters. The number of aromatic nitrogens is 4. The Morgan fingerprint density at radius 2 is 2.45 bits per heavy atom. The van der Waals surface area contributed by atoms with Crippen molar-refractivity contribution in [2.24, 2.45) is 5.92 Å². The number of hydrogen-bond acceptors (Lipinski definition) is 5. The maximum Gasteiger partial charge on any atom is 0.246 e. The predicted molar refractivity (Wildman–Crippen MR) is 76.1 cm³/mol. The van der Waals surface area contributed by atoms with Gasteiger partial charge in [-0.1, -0.05) is 13.0 Å². The largest absolute Gasteiger partial charge is 0.341 e. The predicted octanol–water partition coefficient (Wildman–Crippen LogP) is 1.66. The molecule has 6 nitrogen and oxygen atoms in total. The summed E-state index contributed by atoms with van der Waals surface area (Å²) in [4.78, 5) is 16.5. The molecule has 0 radical (unpaired) electrons. The van der Waals surface area contributed by atoms with E-state index < -0.39 is 0 Å². The second-order valence-corrected chi connectivity index (χ2v) is 6.16. The van der Waals surface area contributed by atoms with Gasteiger partial charge in [-0.05, 0) is 35.4 Å². The number of likely N-dealkylation sites (tertiary alicyclic amines) is 1. The number of thiophene rings is 1. The van der Waals surface area contributed by atoms with Crippen LogP contribution in [0.1, 0.15) is 19.8 Å². The number of carbonyl (C=O) groups is 1. The average Bonchev–Trinajstić information content (AvgIpc) is 3.08. The Morgan fingerprint density at radius 3 is 3.20 bits per heavy atom. The number of nitrogens with zero attached hydrogens (tertiary/aromatic N) is 5. The van der Waals surface area contributed by atoms with Gasteiger partial charge in [0.1, 0.15) is 6.54 Å². The number of piperidine rings is 1. The van der Waals surface area contributed by atoms with E-state index >= 15 is 0 Å². The zero-order valence-corrected chi connectivity index (χ0v) is 12.2. The van der Waals surface area contributed by atoms with Crippen molar-refractivity contribution >= 4 is 17.2 Å². The van der Waals surface area contributed by atoms with E-state index in [0.717, 1.165) is 24.4 Å². The first-order valence-corrected chi connectivity index (χ1v) is 7.70. The van der Waals surface area contributed by atoms with Crippen LogP contribution >= 0.6 is 11.3 Å². The number of tetrazole rings is 1. The summed E-state index contributed by atoms with van der Waals surface area (Å²) in [6.07, 6.45) is 2.28. The summed E-state index contributed by atoms with van der Waals surface area (Å²) < 4.78 is 0. The minimum Gasteiger partial charge on any atom is -0.341 e. The van der Waals surface area contributed by atoms with Gasteiger partial charge < -0.3 is 4.90 Å². The smallest absolute Gasteiger partial charge is 0.246 e. The van der Waals surface area contributed by atoms with E-state index in [4.69, 9.17) is 0 Å². The molecule has 1 aliphatic heterocycles. The number of amides is 1. The molecule has 0 bridgehead atoms. The zero-order valence-electron chi connectivity index (χ0n) is 11.4. The first-order chi connectivity index (χ1) is 9.72. The van der Waals surface area contributed by atoms with Crippen molar-refractivity contribution in [3.05, 3.63) is 17.5 Å². The molecule has 1 unspecified atom stereocenters. The fraction of sp³-hybridized carbons (Fsp3) is 0.538. The maximum atomic E-state index is 12.2. The maximum absolute atomic E-state index is 12.2. The summed E-state index contributed by atoms with van der Waals surface area (Å²) in [7, 11) is 0. The van der Waals surface area contributed by atoms with Crippen LogP contribution in [0.3, 0.4) is 0 Å². The van der Waals surface area contributed by atoms with Gasteiger partial charge in [0.25, 0.3) is 0 Å². The highest BCUT2D eigenvalue weighted by molar-refractivity contribution is 7.13. The van der Waals surface area contributed by atoms with Crippen molar-refractivity contribution in [1.29, 1.82) is 0 Å². The van der Waals surface area contributed by atoms with Crippen molar-refractivity contribution < 1.29 is 4.79 Å². The molecular weight excluding hydrogens is 274 g/mol. The summed E-state index contributed by atoms with van der Waals surface area (Å²) in [6, 6.07) is 3.89. The Bertz CT molecular complexity index is 579. The Balaban J connectivity index is 1.64. The lowest BCUT2D eigenvalue weighted by atomic mass is 10.0. The van der Waals surface area contributed by atoms with Gasteiger partial charge in [-0.25, -0.2) is 0 Å². The summed E-state index contributed by atoms with van der Waals surface area (Å²) in [5.41, 5.74) is 0. The highest BCUT2D eigenvalue weighted by Gasteiger charge is 2.21. The second kappa shape index (κ2) is 5.70. The molecule has 1 aliphatic rings. The Labute approximate surface area is 121 Å². The quantitative estimate of drug-likeness (QED) is 0.862. The zero-order chi connectivity index (χ0) is 13.9. The lowest BCUT2D eigenvalue weighted by Crippen LogP contribution is -2.41. The lowest BCUT2D eigenvalue weighted by Gasteiger charge is -2.30. The molecule has 7 heteroatoms. The number of rotatable bonds is 3. The summed E-state index contributed by atoms with van der Waals surface area (Å²) in [5, 5.41) is 14.2. The van der Waals surface area contributed by atoms with Crippen LogP contribution in [0, 0.1) is 5.92 Å². The summed E-state index contributed by atoms with van der Waals surface area (Å²) in [6.45, 7) is 4.04. The molecule has 2 aromatic rings. The molecular formula is C13H17N5OS. The fourth-order valence-corrected chi connectivity index (χ4v) is 3.10. The van der Waals surface area contributed by atoms with E-state index in [-0.39, 0.29) is 12.5 Å². The van der Waals surface area contributed by atoms with Crippen molar-refractivity contribution in [2.45, 2.75) is 26.3 Å². The van der Waals surface area contributed by atoms with Gasteiger partial charge in [-0.2, -0.15) is 4.80 Å². The molecule has 2 aromatic heterocycles. The summed E-state index contributed by atoms with van der Waals surface area (Å²) in [5.74, 6) is 1.24. The Kier molecular flexibility index (Phi) is 3.77. The molecule has 0 spiro atoms. The highest BCUT2D eigenvalue weighted by atomic mass is 32.1. The van der Waals surface area contributed by atoms with Gasteiger partial charge >= 0.3 is 0 Å². The fourth-order valence-electron chi connectivity index (χ4n) is 2.45. The molecule has 1 saturated heterocycles. The molecule has 20 heavy (non-hydrogen) atoms. The standard InChI is InChI=1S/C13H17N5OS/c1-10-4-2-6-17(8-10)12(19)9-18-15-13(14-16-18)11-5-3-7-20-11/h3,5,7,10H,2,4,6,8-9H2,1H3. The number of carbonyl (C=O) groups excluding carboxylic acids is 1. The van der Waals surface area contributed by atoms with Crippen LogP contribution in [0.15, 0.2) is 17.5 Å². The van der Waals surface area contributed by atoms with Crippen LogP contribution < -0.4 is 0 Å². The van der Waals surface area contributed by atoms with Crippen molar-refractivity contribution in [2.75, 3.05) is 13.1 Å². The van der Waals surface area contributed by atoms with Gasteiger partial charge in [-0.3, -0.25) is 4.79 Å². The van der Waals surface area contributed by atoms with Crippen LogP contribution in [-0.4, -0.2) is 44.1 Å². The van der Waals surface area contributed by atoms with Crippen molar-refractivity contribution in [3.8, 4) is 10.7 Å². The van der Waals surface area contributed by atoms with E-state index in [1.807, 2.05) is 22.4 Å². The minimum atomic E-state index is 0.0756. The Hall–Kier alpha value is -1.76. The van der Waals surface area contributed by atoms with Crippen LogP contribution in [0.2, 0.25) is 0 Å². The molecule has 0 aromatic carbocycles. The molecule has 1 amide bonds. The van der Waals surface area contributed by atoms with E-state index in [9.17, 15) is 4.79 Å². The molecule has 1 fully saturated rings. The molecule has 3 heterocycles. The first kappa shape index (κ1) is 13.2. The van der Waals surface area contributed by atoms with Crippen LogP contribution in [0.25, 0.3) is 10.7 Å². The monoisotopic (exact) mass is 291 g/mol. The Morgan fingerprint density at radius 1 is 1.55 bits per heavy atom. The molecule has 0 N–H and O–H groups in total. The summed E-state index contributed by atoms with van der Waals surface area (Å²) >= 11 is 1.56. The topological polar surface area (TPSA) is 63.9 Å². The second-order valence-electron chi connectivity index (χ2n) is 5.21. The lowest BCUT2D eigenvalue weighted by molar-refractivity contribution is -0.134. The third kappa shape index (κ3) is 2.87. The SMILES string of the molecule is CC1CCCN(C(=O)Cn2nnc(-c3cccs3)n2)C1. The normalized spacial score (nSPS) is 19.2. The van der Waals surface area contributed by atoms with Gasteiger partial charge in [0.2, 0.25) is 11.7 Å². The molecule has 0 aliphatic carbocycles. The van der Waals surface area contributed by atoms with Crippen LogP contribution in [0.5, 0.6) is 0 Å². The van der Waals surface area contributed by atoms with Gasteiger partial charge in [-0.15, -0.1) is 21.5 Å². The van der Waals surface area contributed by atoms with Gasteiger partial charge in [0.15, 0.2) is 0 Å². The van der Waals surface area contributed by atoms with Crippen LogP contribution in [0.4, 0.5) is 0 Å². The van der Waals surface area contributed by atoms with Crippen molar-refractivity contribution in [3.63, 3.8) is 0 Å². The third-order valence-electron chi connectivity index (χ3n) is 3.48. The molecule has 106 valence electrons. The van der Waals surface area contributed by atoms with Crippen LogP contribution in [-0.2, 0) is 11.3 Å². The highest BCUT2D eigenvalue weighted by Crippen LogP contribution is 2.19.